The Morgan fingerprint density at radius 2 is 1.93 bits per heavy atom. The summed E-state index contributed by atoms with van der Waals surface area (Å²) in [7, 11) is 1.64. The number of carbonyl (C=O) groups is 1. The van der Waals surface area contributed by atoms with Crippen LogP contribution in [0, 0.1) is 0 Å². The van der Waals surface area contributed by atoms with E-state index in [2.05, 4.69) is 10.5 Å². The number of benzene rings is 2. The second kappa shape index (κ2) is 9.19. The maximum Gasteiger partial charge on any atom is 0.245 e. The van der Waals surface area contributed by atoms with Crippen LogP contribution in [0.1, 0.15) is 10.4 Å². The summed E-state index contributed by atoms with van der Waals surface area (Å²) in [5.74, 6) is 0.618. The molecular formula is C23H20N4O2S. The Morgan fingerprint density at radius 1 is 1.13 bits per heavy atom. The summed E-state index contributed by atoms with van der Waals surface area (Å²) >= 11 is 1.55. The van der Waals surface area contributed by atoms with Crippen LogP contribution in [0.25, 0.3) is 16.9 Å². The quantitative estimate of drug-likeness (QED) is 0.361. The Morgan fingerprint density at radius 3 is 2.63 bits per heavy atom. The summed E-state index contributed by atoms with van der Waals surface area (Å²) in [5, 5.41) is 10.8. The molecule has 0 saturated carbocycles. The molecule has 0 aliphatic heterocycles. The van der Waals surface area contributed by atoms with Crippen molar-refractivity contribution >= 4 is 23.5 Å². The first-order valence-electron chi connectivity index (χ1n) is 9.37. The van der Waals surface area contributed by atoms with Gasteiger partial charge in [-0.3, -0.25) is 4.79 Å². The van der Waals surface area contributed by atoms with Gasteiger partial charge in [-0.2, -0.15) is 10.2 Å². The third-order valence-electron chi connectivity index (χ3n) is 4.43. The summed E-state index contributed by atoms with van der Waals surface area (Å²) in [6.45, 7) is 0. The number of para-hydroxylation sites is 1. The molecule has 0 spiro atoms. The van der Waals surface area contributed by atoms with Crippen LogP contribution in [-0.4, -0.2) is 29.0 Å². The van der Waals surface area contributed by atoms with E-state index in [1.165, 1.54) is 0 Å². The van der Waals surface area contributed by atoms with E-state index in [1.807, 2.05) is 78.3 Å². The SMILES string of the molecule is COc1ccc(-c2nn(-c3ccccc3)cc2/C=N\NC(=O)Cc2cccs2)cc1. The minimum atomic E-state index is -0.157. The molecule has 0 atom stereocenters. The average molecular weight is 417 g/mol. The van der Waals surface area contributed by atoms with Gasteiger partial charge in [0.25, 0.3) is 0 Å². The van der Waals surface area contributed by atoms with E-state index < -0.39 is 0 Å². The maximum absolute atomic E-state index is 12.1. The highest BCUT2D eigenvalue weighted by molar-refractivity contribution is 7.10. The number of ether oxygens (including phenoxy) is 1. The van der Waals surface area contributed by atoms with Gasteiger partial charge in [-0.1, -0.05) is 24.3 Å². The first-order valence-corrected chi connectivity index (χ1v) is 10.2. The van der Waals surface area contributed by atoms with Crippen molar-refractivity contribution in [2.24, 2.45) is 5.10 Å². The number of methoxy groups -OCH3 is 1. The molecule has 7 heteroatoms. The van der Waals surface area contributed by atoms with E-state index in [4.69, 9.17) is 9.84 Å². The molecular weight excluding hydrogens is 396 g/mol. The molecule has 0 unspecified atom stereocenters. The standard InChI is InChI=1S/C23H20N4O2S/c1-29-20-11-9-17(10-12-20)23-18(16-27(26-23)19-6-3-2-4-7-19)15-24-25-22(28)14-21-8-5-13-30-21/h2-13,15-16H,14H2,1H3,(H,25,28)/b24-15-. The summed E-state index contributed by atoms with van der Waals surface area (Å²) in [5.41, 5.74) is 6.02. The molecule has 2 aromatic carbocycles. The lowest BCUT2D eigenvalue weighted by molar-refractivity contribution is -0.120. The van der Waals surface area contributed by atoms with Crippen LogP contribution in [0.2, 0.25) is 0 Å². The molecule has 1 N–H and O–H groups in total. The van der Waals surface area contributed by atoms with Crippen molar-refractivity contribution in [1.29, 1.82) is 0 Å². The Hall–Kier alpha value is -3.71. The van der Waals surface area contributed by atoms with Crippen LogP contribution < -0.4 is 10.2 Å². The molecule has 6 nitrogen and oxygen atoms in total. The molecule has 0 saturated heterocycles. The molecule has 2 aromatic heterocycles. The monoisotopic (exact) mass is 416 g/mol. The molecule has 30 heavy (non-hydrogen) atoms. The number of thiophene rings is 1. The largest absolute Gasteiger partial charge is 0.497 e. The van der Waals surface area contributed by atoms with Crippen molar-refractivity contribution < 1.29 is 9.53 Å². The van der Waals surface area contributed by atoms with E-state index in [0.29, 0.717) is 6.42 Å². The van der Waals surface area contributed by atoms with E-state index in [1.54, 1.807) is 29.3 Å². The van der Waals surface area contributed by atoms with Crippen LogP contribution in [0.5, 0.6) is 5.75 Å². The Labute approximate surface area is 178 Å². The van der Waals surface area contributed by atoms with Gasteiger partial charge in [0.05, 0.1) is 25.4 Å². The summed E-state index contributed by atoms with van der Waals surface area (Å²) in [4.78, 5) is 13.1. The Kier molecular flexibility index (Phi) is 6.01. The topological polar surface area (TPSA) is 68.5 Å². The van der Waals surface area contributed by atoms with Gasteiger partial charge in [-0.25, -0.2) is 10.1 Å². The first kappa shape index (κ1) is 19.6. The van der Waals surface area contributed by atoms with Crippen molar-refractivity contribution in [3.8, 4) is 22.7 Å². The fourth-order valence-electron chi connectivity index (χ4n) is 2.95. The van der Waals surface area contributed by atoms with Crippen LogP contribution in [0.15, 0.2) is 83.4 Å². The van der Waals surface area contributed by atoms with Crippen molar-refractivity contribution in [3.05, 3.63) is 88.7 Å². The molecule has 0 aliphatic rings. The zero-order chi connectivity index (χ0) is 20.8. The van der Waals surface area contributed by atoms with Crippen molar-refractivity contribution in [2.45, 2.75) is 6.42 Å². The van der Waals surface area contributed by atoms with Crippen molar-refractivity contribution in [1.82, 2.24) is 15.2 Å². The number of nitrogens with zero attached hydrogens (tertiary/aromatic N) is 3. The average Bonchev–Trinajstić information content (AvgIpc) is 3.44. The highest BCUT2D eigenvalue weighted by Gasteiger charge is 2.12. The van der Waals surface area contributed by atoms with Gasteiger partial charge in [0.15, 0.2) is 0 Å². The van der Waals surface area contributed by atoms with Crippen molar-refractivity contribution in [3.63, 3.8) is 0 Å². The molecule has 2 heterocycles. The number of amides is 1. The Bertz CT molecular complexity index is 1130. The fourth-order valence-corrected chi connectivity index (χ4v) is 3.66. The van der Waals surface area contributed by atoms with Gasteiger partial charge >= 0.3 is 0 Å². The molecule has 4 aromatic rings. The second-order valence-electron chi connectivity index (χ2n) is 6.49. The van der Waals surface area contributed by atoms with Crippen LogP contribution >= 0.6 is 11.3 Å². The zero-order valence-corrected chi connectivity index (χ0v) is 17.2. The molecule has 4 rings (SSSR count). The molecule has 150 valence electrons. The number of nitrogens with one attached hydrogen (secondary N) is 1. The first-order chi connectivity index (χ1) is 14.7. The van der Waals surface area contributed by atoms with Gasteiger partial charge in [0.2, 0.25) is 5.91 Å². The smallest absolute Gasteiger partial charge is 0.245 e. The minimum Gasteiger partial charge on any atom is -0.497 e. The van der Waals surface area contributed by atoms with Crippen LogP contribution in [0.4, 0.5) is 0 Å². The fraction of sp³-hybridized carbons (Fsp3) is 0.0870. The van der Waals surface area contributed by atoms with E-state index in [9.17, 15) is 4.79 Å². The normalized spacial score (nSPS) is 11.0. The molecule has 0 fully saturated rings. The van der Waals surface area contributed by atoms with E-state index in [-0.39, 0.29) is 5.91 Å². The highest BCUT2D eigenvalue weighted by Crippen LogP contribution is 2.25. The van der Waals surface area contributed by atoms with E-state index in [0.717, 1.165) is 33.1 Å². The van der Waals surface area contributed by atoms with E-state index >= 15 is 0 Å². The van der Waals surface area contributed by atoms with Gasteiger partial charge in [-0.15, -0.1) is 11.3 Å². The van der Waals surface area contributed by atoms with Gasteiger partial charge < -0.3 is 4.74 Å². The number of hydrazone groups is 1. The second-order valence-corrected chi connectivity index (χ2v) is 7.52. The predicted molar refractivity (Wildman–Crippen MR) is 119 cm³/mol. The molecule has 1 amide bonds. The van der Waals surface area contributed by atoms with Gasteiger partial charge in [0.1, 0.15) is 11.4 Å². The van der Waals surface area contributed by atoms with Crippen molar-refractivity contribution in [2.75, 3.05) is 7.11 Å². The summed E-state index contributed by atoms with van der Waals surface area (Å²) in [6.07, 6.45) is 3.83. The number of hydrogen-bond acceptors (Lipinski definition) is 5. The summed E-state index contributed by atoms with van der Waals surface area (Å²) < 4.78 is 7.05. The molecule has 0 bridgehead atoms. The van der Waals surface area contributed by atoms with Gasteiger partial charge in [0, 0.05) is 22.2 Å². The molecule has 0 radical (unpaired) electrons. The number of carbonyl (C=O) groups excluding carboxylic acids is 1. The van der Waals surface area contributed by atoms with Crippen LogP contribution in [-0.2, 0) is 11.2 Å². The Balaban J connectivity index is 1.59. The molecule has 0 aliphatic carbocycles. The van der Waals surface area contributed by atoms with Gasteiger partial charge in [-0.05, 0) is 47.8 Å². The third kappa shape index (κ3) is 4.64. The number of hydrogen-bond donors (Lipinski definition) is 1. The minimum absolute atomic E-state index is 0.157. The lowest BCUT2D eigenvalue weighted by atomic mass is 10.1. The lowest BCUT2D eigenvalue weighted by Gasteiger charge is -2.02. The maximum atomic E-state index is 12.1. The zero-order valence-electron chi connectivity index (χ0n) is 16.4. The number of aromatic nitrogens is 2. The highest BCUT2D eigenvalue weighted by atomic mass is 32.1. The predicted octanol–water partition coefficient (Wildman–Crippen LogP) is 4.30. The number of rotatable bonds is 7. The summed E-state index contributed by atoms with van der Waals surface area (Å²) in [6, 6.07) is 21.4. The third-order valence-corrected chi connectivity index (χ3v) is 5.31. The lowest BCUT2D eigenvalue weighted by Crippen LogP contribution is -2.19. The van der Waals surface area contributed by atoms with Crippen LogP contribution in [0.3, 0.4) is 0 Å².